The van der Waals surface area contributed by atoms with E-state index >= 15 is 0 Å². The molecule has 1 aromatic carbocycles. The normalized spacial score (nSPS) is 17.0. The number of benzene rings is 1. The first-order chi connectivity index (χ1) is 14.6. The summed E-state index contributed by atoms with van der Waals surface area (Å²) >= 11 is 0. The molecule has 1 amide bonds. The molecule has 3 heterocycles. The molecule has 9 nitrogen and oxygen atoms in total. The second kappa shape index (κ2) is 8.27. The highest BCUT2D eigenvalue weighted by Gasteiger charge is 2.40. The van der Waals surface area contributed by atoms with Gasteiger partial charge in [0.15, 0.2) is 11.6 Å². The van der Waals surface area contributed by atoms with Crippen LogP contribution in [0, 0.1) is 0 Å². The predicted molar refractivity (Wildman–Crippen MR) is 110 cm³/mol. The van der Waals surface area contributed by atoms with E-state index in [2.05, 4.69) is 34.3 Å². The third-order valence-corrected chi connectivity index (χ3v) is 5.95. The van der Waals surface area contributed by atoms with Crippen LogP contribution in [-0.2, 0) is 5.54 Å². The number of ether oxygens (including phenoxy) is 1. The van der Waals surface area contributed by atoms with Crippen LogP contribution < -0.4 is 4.74 Å². The Kier molecular flexibility index (Phi) is 5.54. The van der Waals surface area contributed by atoms with E-state index in [4.69, 9.17) is 9.15 Å². The number of tetrazole rings is 1. The Balaban J connectivity index is 1.54. The van der Waals surface area contributed by atoms with Crippen LogP contribution in [0.2, 0.25) is 0 Å². The molecule has 9 heteroatoms. The van der Waals surface area contributed by atoms with Gasteiger partial charge < -0.3 is 14.1 Å². The van der Waals surface area contributed by atoms with Gasteiger partial charge in [-0.15, -0.1) is 5.10 Å². The predicted octanol–water partition coefficient (Wildman–Crippen LogP) is 2.35. The number of furan rings is 1. The Morgan fingerprint density at radius 1 is 1.17 bits per heavy atom. The Labute approximate surface area is 175 Å². The molecule has 1 aliphatic rings. The number of methoxy groups -OCH3 is 1. The molecule has 1 atom stereocenters. The number of aromatic nitrogens is 4. The van der Waals surface area contributed by atoms with Gasteiger partial charge in [-0.05, 0) is 60.2 Å². The fourth-order valence-electron chi connectivity index (χ4n) is 3.90. The van der Waals surface area contributed by atoms with E-state index in [0.717, 1.165) is 36.8 Å². The van der Waals surface area contributed by atoms with E-state index in [9.17, 15) is 4.79 Å². The van der Waals surface area contributed by atoms with Gasteiger partial charge in [0.1, 0.15) is 5.75 Å². The summed E-state index contributed by atoms with van der Waals surface area (Å²) in [5.41, 5.74) is 0.505. The molecule has 1 unspecified atom stereocenters. The van der Waals surface area contributed by atoms with Gasteiger partial charge in [0.2, 0.25) is 0 Å². The monoisotopic (exact) mass is 410 g/mol. The summed E-state index contributed by atoms with van der Waals surface area (Å²) in [4.78, 5) is 16.8. The van der Waals surface area contributed by atoms with E-state index < -0.39 is 0 Å². The molecule has 3 aromatic rings. The number of nitrogens with zero attached hydrogens (tertiary/aromatic N) is 6. The number of amides is 1. The third-order valence-electron chi connectivity index (χ3n) is 5.95. The number of rotatable bonds is 6. The van der Waals surface area contributed by atoms with Crippen molar-refractivity contribution in [1.29, 1.82) is 0 Å². The van der Waals surface area contributed by atoms with E-state index in [-0.39, 0.29) is 11.4 Å². The van der Waals surface area contributed by atoms with Gasteiger partial charge in [0, 0.05) is 26.2 Å². The summed E-state index contributed by atoms with van der Waals surface area (Å²) in [5.74, 6) is 1.87. The molecule has 0 aliphatic carbocycles. The fourth-order valence-corrected chi connectivity index (χ4v) is 3.90. The first-order valence-corrected chi connectivity index (χ1v) is 10.1. The number of carbonyl (C=O) groups is 1. The number of carbonyl (C=O) groups excluding carboxylic acids is 1. The largest absolute Gasteiger partial charge is 0.497 e. The van der Waals surface area contributed by atoms with Gasteiger partial charge in [-0.3, -0.25) is 9.69 Å². The SMILES string of the molecule is CCC(C)(c1nnnn1-c1ccc(OC)cc1)N1CCN(C(=O)c2ccco2)CC1. The molecule has 0 saturated carbocycles. The second-order valence-electron chi connectivity index (χ2n) is 7.50. The zero-order valence-corrected chi connectivity index (χ0v) is 17.5. The topological polar surface area (TPSA) is 89.5 Å². The van der Waals surface area contributed by atoms with E-state index in [0.29, 0.717) is 18.8 Å². The lowest BCUT2D eigenvalue weighted by Crippen LogP contribution is -2.56. The maximum absolute atomic E-state index is 12.6. The van der Waals surface area contributed by atoms with Crippen LogP contribution in [0.4, 0.5) is 0 Å². The summed E-state index contributed by atoms with van der Waals surface area (Å²) in [6.45, 7) is 6.99. The fraction of sp³-hybridized carbons (Fsp3) is 0.429. The van der Waals surface area contributed by atoms with Crippen molar-refractivity contribution in [2.75, 3.05) is 33.3 Å². The van der Waals surface area contributed by atoms with Gasteiger partial charge >= 0.3 is 0 Å². The van der Waals surface area contributed by atoms with Crippen LogP contribution in [0.15, 0.2) is 47.1 Å². The van der Waals surface area contributed by atoms with Gasteiger partial charge in [-0.25, -0.2) is 0 Å². The molecule has 0 spiro atoms. The van der Waals surface area contributed by atoms with Crippen molar-refractivity contribution in [2.24, 2.45) is 0 Å². The minimum atomic E-state index is -0.372. The molecule has 0 radical (unpaired) electrons. The molecule has 30 heavy (non-hydrogen) atoms. The number of piperazine rings is 1. The Hall–Kier alpha value is -3.20. The molecule has 2 aromatic heterocycles. The Morgan fingerprint density at radius 3 is 2.50 bits per heavy atom. The molecule has 1 saturated heterocycles. The quantitative estimate of drug-likeness (QED) is 0.616. The van der Waals surface area contributed by atoms with Gasteiger partial charge in [-0.2, -0.15) is 4.68 Å². The lowest BCUT2D eigenvalue weighted by atomic mass is 9.94. The maximum Gasteiger partial charge on any atom is 0.289 e. The van der Waals surface area contributed by atoms with E-state index in [1.165, 1.54) is 6.26 Å². The number of hydrogen-bond donors (Lipinski definition) is 0. The number of hydrogen-bond acceptors (Lipinski definition) is 7. The minimum absolute atomic E-state index is 0.0686. The Bertz CT molecular complexity index is 977. The van der Waals surface area contributed by atoms with Crippen molar-refractivity contribution in [3.63, 3.8) is 0 Å². The third kappa shape index (κ3) is 3.56. The first kappa shape index (κ1) is 20.1. The molecule has 158 valence electrons. The van der Waals surface area contributed by atoms with Crippen molar-refractivity contribution in [3.8, 4) is 11.4 Å². The van der Waals surface area contributed by atoms with Crippen molar-refractivity contribution in [1.82, 2.24) is 30.0 Å². The lowest BCUT2D eigenvalue weighted by molar-refractivity contribution is 0.0251. The average Bonchev–Trinajstić information content (AvgIpc) is 3.51. The first-order valence-electron chi connectivity index (χ1n) is 10.1. The molecule has 0 N–H and O–H groups in total. The standard InChI is InChI=1S/C21H26N6O3/c1-4-21(2,20-22-23-24-27(20)16-7-9-17(29-3)10-8-16)26-13-11-25(12-14-26)19(28)18-6-5-15-30-18/h5-10,15H,4,11-14H2,1-3H3. The zero-order chi connectivity index (χ0) is 21.1. The summed E-state index contributed by atoms with van der Waals surface area (Å²) in [7, 11) is 1.64. The van der Waals surface area contributed by atoms with Crippen molar-refractivity contribution >= 4 is 5.91 Å². The second-order valence-corrected chi connectivity index (χ2v) is 7.50. The van der Waals surface area contributed by atoms with Crippen LogP contribution in [0.5, 0.6) is 5.75 Å². The summed E-state index contributed by atoms with van der Waals surface area (Å²) in [6, 6.07) is 11.1. The highest BCUT2D eigenvalue weighted by molar-refractivity contribution is 5.91. The van der Waals surface area contributed by atoms with Crippen LogP contribution in [-0.4, -0.2) is 69.2 Å². The highest BCUT2D eigenvalue weighted by Crippen LogP contribution is 2.32. The van der Waals surface area contributed by atoms with E-state index in [1.807, 2.05) is 29.2 Å². The van der Waals surface area contributed by atoms with Crippen LogP contribution in [0.25, 0.3) is 5.69 Å². The zero-order valence-electron chi connectivity index (χ0n) is 17.5. The molecular weight excluding hydrogens is 384 g/mol. The molecule has 1 aliphatic heterocycles. The summed E-state index contributed by atoms with van der Waals surface area (Å²) < 4.78 is 12.3. The maximum atomic E-state index is 12.6. The van der Waals surface area contributed by atoms with Crippen LogP contribution in [0.1, 0.15) is 36.6 Å². The Morgan fingerprint density at radius 2 is 1.90 bits per heavy atom. The summed E-state index contributed by atoms with van der Waals surface area (Å²) in [5, 5.41) is 12.6. The van der Waals surface area contributed by atoms with Crippen molar-refractivity contribution in [2.45, 2.75) is 25.8 Å². The molecular formula is C21H26N6O3. The van der Waals surface area contributed by atoms with Crippen LogP contribution >= 0.6 is 0 Å². The highest BCUT2D eigenvalue weighted by atomic mass is 16.5. The van der Waals surface area contributed by atoms with Crippen molar-refractivity contribution < 1.29 is 13.9 Å². The van der Waals surface area contributed by atoms with Gasteiger partial charge in [0.25, 0.3) is 5.91 Å². The van der Waals surface area contributed by atoms with Crippen LogP contribution in [0.3, 0.4) is 0 Å². The van der Waals surface area contributed by atoms with Crippen molar-refractivity contribution in [3.05, 3.63) is 54.2 Å². The average molecular weight is 410 g/mol. The smallest absolute Gasteiger partial charge is 0.289 e. The molecule has 4 rings (SSSR count). The molecule has 0 bridgehead atoms. The van der Waals surface area contributed by atoms with Gasteiger partial charge in [0.05, 0.1) is 24.6 Å². The van der Waals surface area contributed by atoms with Gasteiger partial charge in [-0.1, -0.05) is 6.92 Å². The van der Waals surface area contributed by atoms with E-state index in [1.54, 1.807) is 23.9 Å². The molecule has 1 fully saturated rings. The summed E-state index contributed by atoms with van der Waals surface area (Å²) in [6.07, 6.45) is 2.35. The minimum Gasteiger partial charge on any atom is -0.497 e. The lowest BCUT2D eigenvalue weighted by Gasteiger charge is -2.44.